The Balaban J connectivity index is 1.61. The SMILES string of the molecule is CC(=O)Nc1ccc(N2C(=O)CC(NCCc3ccccc3F)C2=O)cc1. The molecular weight excluding hydrogens is 349 g/mol. The lowest BCUT2D eigenvalue weighted by Gasteiger charge is -2.16. The summed E-state index contributed by atoms with van der Waals surface area (Å²) in [6.45, 7) is 1.79. The summed E-state index contributed by atoms with van der Waals surface area (Å²) in [6.07, 6.45) is 0.486. The highest BCUT2D eigenvalue weighted by atomic mass is 19.1. The van der Waals surface area contributed by atoms with Gasteiger partial charge in [0.2, 0.25) is 11.8 Å². The minimum Gasteiger partial charge on any atom is -0.326 e. The summed E-state index contributed by atoms with van der Waals surface area (Å²) in [4.78, 5) is 37.1. The van der Waals surface area contributed by atoms with E-state index in [1.807, 2.05) is 0 Å². The number of imide groups is 1. The Morgan fingerprint density at radius 2 is 1.85 bits per heavy atom. The molecule has 1 fully saturated rings. The first kappa shape index (κ1) is 18.7. The van der Waals surface area contributed by atoms with Gasteiger partial charge < -0.3 is 10.6 Å². The van der Waals surface area contributed by atoms with Crippen LogP contribution < -0.4 is 15.5 Å². The maximum absolute atomic E-state index is 13.6. The van der Waals surface area contributed by atoms with Crippen LogP contribution in [0.5, 0.6) is 0 Å². The number of rotatable bonds is 6. The third-order valence-corrected chi connectivity index (χ3v) is 4.34. The van der Waals surface area contributed by atoms with Crippen molar-refractivity contribution in [3.8, 4) is 0 Å². The highest BCUT2D eigenvalue weighted by molar-refractivity contribution is 6.22. The third-order valence-electron chi connectivity index (χ3n) is 4.34. The lowest BCUT2D eigenvalue weighted by Crippen LogP contribution is -2.39. The molecule has 2 N–H and O–H groups in total. The molecule has 0 aliphatic carbocycles. The van der Waals surface area contributed by atoms with Crippen LogP contribution in [0.1, 0.15) is 18.9 Å². The summed E-state index contributed by atoms with van der Waals surface area (Å²) < 4.78 is 13.6. The molecule has 0 aromatic heterocycles. The largest absolute Gasteiger partial charge is 0.326 e. The van der Waals surface area contributed by atoms with Crippen molar-refractivity contribution in [2.24, 2.45) is 0 Å². The number of anilines is 2. The van der Waals surface area contributed by atoms with Gasteiger partial charge >= 0.3 is 0 Å². The fraction of sp³-hybridized carbons (Fsp3) is 0.250. The van der Waals surface area contributed by atoms with Crippen molar-refractivity contribution in [2.45, 2.75) is 25.8 Å². The smallest absolute Gasteiger partial charge is 0.251 e. The Labute approximate surface area is 156 Å². The van der Waals surface area contributed by atoms with Crippen LogP contribution in [0.25, 0.3) is 0 Å². The lowest BCUT2D eigenvalue weighted by atomic mass is 10.1. The topological polar surface area (TPSA) is 78.5 Å². The van der Waals surface area contributed by atoms with Gasteiger partial charge in [-0.15, -0.1) is 0 Å². The van der Waals surface area contributed by atoms with E-state index in [1.165, 1.54) is 13.0 Å². The molecule has 1 aliphatic heterocycles. The van der Waals surface area contributed by atoms with Gasteiger partial charge in [-0.05, 0) is 42.3 Å². The van der Waals surface area contributed by atoms with Crippen molar-refractivity contribution in [2.75, 3.05) is 16.8 Å². The zero-order chi connectivity index (χ0) is 19.4. The lowest BCUT2D eigenvalue weighted by molar-refractivity contribution is -0.121. The highest BCUT2D eigenvalue weighted by Crippen LogP contribution is 2.24. The molecule has 0 radical (unpaired) electrons. The molecule has 1 atom stereocenters. The number of carbonyl (C=O) groups is 3. The maximum atomic E-state index is 13.6. The van der Waals surface area contributed by atoms with E-state index in [0.717, 1.165) is 4.90 Å². The van der Waals surface area contributed by atoms with E-state index in [9.17, 15) is 18.8 Å². The molecule has 27 heavy (non-hydrogen) atoms. The van der Waals surface area contributed by atoms with Gasteiger partial charge in [0, 0.05) is 19.2 Å². The standard InChI is InChI=1S/C20H20FN3O3/c1-13(25)23-15-6-8-16(9-7-15)24-19(26)12-18(20(24)27)22-11-10-14-4-2-3-5-17(14)21/h2-9,18,22H,10-12H2,1H3,(H,23,25). The molecule has 1 heterocycles. The van der Waals surface area contributed by atoms with Gasteiger partial charge in [0.15, 0.2) is 0 Å². The second-order valence-electron chi connectivity index (χ2n) is 6.35. The molecule has 1 unspecified atom stereocenters. The van der Waals surface area contributed by atoms with Gasteiger partial charge in [0.1, 0.15) is 5.82 Å². The third kappa shape index (κ3) is 4.38. The molecule has 3 amide bonds. The number of amides is 3. The van der Waals surface area contributed by atoms with Gasteiger partial charge in [-0.1, -0.05) is 18.2 Å². The predicted octanol–water partition coefficient (Wildman–Crippen LogP) is 2.25. The molecule has 1 aliphatic rings. The second-order valence-corrected chi connectivity index (χ2v) is 6.35. The van der Waals surface area contributed by atoms with Gasteiger partial charge in [-0.25, -0.2) is 9.29 Å². The van der Waals surface area contributed by atoms with E-state index < -0.39 is 6.04 Å². The van der Waals surface area contributed by atoms with Crippen molar-refractivity contribution < 1.29 is 18.8 Å². The van der Waals surface area contributed by atoms with Crippen LogP contribution in [-0.2, 0) is 20.8 Å². The van der Waals surface area contributed by atoms with Crippen LogP contribution in [0.3, 0.4) is 0 Å². The normalized spacial score (nSPS) is 16.7. The molecule has 0 spiro atoms. The van der Waals surface area contributed by atoms with E-state index in [-0.39, 0.29) is 30.0 Å². The highest BCUT2D eigenvalue weighted by Gasteiger charge is 2.39. The molecule has 140 valence electrons. The summed E-state index contributed by atoms with van der Waals surface area (Å²) in [5.74, 6) is -1.11. The van der Waals surface area contributed by atoms with Crippen molar-refractivity contribution in [3.63, 3.8) is 0 Å². The fourth-order valence-electron chi connectivity index (χ4n) is 3.04. The van der Waals surface area contributed by atoms with E-state index in [0.29, 0.717) is 29.9 Å². The molecule has 0 bridgehead atoms. The number of nitrogens with zero attached hydrogens (tertiary/aromatic N) is 1. The molecule has 2 aromatic carbocycles. The Morgan fingerprint density at radius 3 is 2.52 bits per heavy atom. The summed E-state index contributed by atoms with van der Waals surface area (Å²) in [5, 5.41) is 5.67. The van der Waals surface area contributed by atoms with Crippen molar-refractivity contribution >= 4 is 29.1 Å². The minimum atomic E-state index is -0.626. The number of halogens is 1. The average molecular weight is 369 g/mol. The van der Waals surface area contributed by atoms with Crippen LogP contribution in [0.15, 0.2) is 48.5 Å². The van der Waals surface area contributed by atoms with Gasteiger partial charge in [0.05, 0.1) is 18.2 Å². The van der Waals surface area contributed by atoms with Crippen LogP contribution in [0, 0.1) is 5.82 Å². The summed E-state index contributed by atoms with van der Waals surface area (Å²) >= 11 is 0. The first-order chi connectivity index (χ1) is 13.0. The van der Waals surface area contributed by atoms with Gasteiger partial charge in [-0.2, -0.15) is 0 Å². The van der Waals surface area contributed by atoms with E-state index in [2.05, 4.69) is 10.6 Å². The monoisotopic (exact) mass is 369 g/mol. The van der Waals surface area contributed by atoms with Crippen molar-refractivity contribution in [1.29, 1.82) is 0 Å². The van der Waals surface area contributed by atoms with E-state index in [1.54, 1.807) is 42.5 Å². The Hall–Kier alpha value is -3.06. The minimum absolute atomic E-state index is 0.0591. The Bertz CT molecular complexity index is 867. The number of hydrogen-bond acceptors (Lipinski definition) is 4. The van der Waals surface area contributed by atoms with Crippen LogP contribution in [-0.4, -0.2) is 30.3 Å². The summed E-state index contributed by atoms with van der Waals surface area (Å²) in [6, 6.07) is 12.3. The van der Waals surface area contributed by atoms with Gasteiger partial charge in [0.25, 0.3) is 5.91 Å². The predicted molar refractivity (Wildman–Crippen MR) is 99.8 cm³/mol. The first-order valence-corrected chi connectivity index (χ1v) is 8.67. The Kier molecular flexibility index (Phi) is 5.61. The van der Waals surface area contributed by atoms with Crippen LogP contribution in [0.4, 0.5) is 15.8 Å². The molecule has 0 saturated carbocycles. The fourth-order valence-corrected chi connectivity index (χ4v) is 3.04. The molecule has 3 rings (SSSR count). The van der Waals surface area contributed by atoms with Gasteiger partial charge in [-0.3, -0.25) is 14.4 Å². The number of nitrogens with one attached hydrogen (secondary N) is 2. The average Bonchev–Trinajstić information content (AvgIpc) is 2.91. The molecule has 6 nitrogen and oxygen atoms in total. The molecular formula is C20H20FN3O3. The molecule has 7 heteroatoms. The van der Waals surface area contributed by atoms with Crippen LogP contribution >= 0.6 is 0 Å². The van der Waals surface area contributed by atoms with E-state index in [4.69, 9.17) is 0 Å². The maximum Gasteiger partial charge on any atom is 0.251 e. The van der Waals surface area contributed by atoms with E-state index >= 15 is 0 Å². The zero-order valence-electron chi connectivity index (χ0n) is 14.9. The van der Waals surface area contributed by atoms with Crippen molar-refractivity contribution in [3.05, 3.63) is 59.9 Å². The van der Waals surface area contributed by atoms with Crippen LogP contribution in [0.2, 0.25) is 0 Å². The molecule has 1 saturated heterocycles. The first-order valence-electron chi connectivity index (χ1n) is 8.67. The van der Waals surface area contributed by atoms with Crippen molar-refractivity contribution in [1.82, 2.24) is 5.32 Å². The Morgan fingerprint density at radius 1 is 1.15 bits per heavy atom. The number of hydrogen-bond donors (Lipinski definition) is 2. The number of benzene rings is 2. The summed E-state index contributed by atoms with van der Waals surface area (Å²) in [7, 11) is 0. The zero-order valence-corrected chi connectivity index (χ0v) is 14.9. The second kappa shape index (κ2) is 8.09. The number of carbonyl (C=O) groups excluding carboxylic acids is 3. The molecule has 2 aromatic rings. The summed E-state index contributed by atoms with van der Waals surface area (Å²) in [5.41, 5.74) is 1.61. The quantitative estimate of drug-likeness (QED) is 0.766.